The van der Waals surface area contributed by atoms with Crippen LogP contribution < -0.4 is 10.6 Å². The predicted octanol–water partition coefficient (Wildman–Crippen LogP) is 4.54. The zero-order chi connectivity index (χ0) is 22.4. The van der Waals surface area contributed by atoms with Crippen molar-refractivity contribution in [2.45, 2.75) is 38.4 Å². The van der Waals surface area contributed by atoms with Crippen molar-refractivity contribution < 1.29 is 22.8 Å². The van der Waals surface area contributed by atoms with Gasteiger partial charge in [0.05, 0.1) is 5.56 Å². The molecule has 31 heavy (non-hydrogen) atoms. The maximum atomic E-state index is 12.9. The Kier molecular flexibility index (Phi) is 7.20. The number of hydrogen-bond acceptors (Lipinski definition) is 2. The number of hydrogen-bond donors (Lipinski definition) is 2. The number of carbonyl (C=O) groups is 2. The van der Waals surface area contributed by atoms with Crippen molar-refractivity contribution in [2.75, 3.05) is 19.6 Å². The van der Waals surface area contributed by atoms with Gasteiger partial charge in [-0.25, -0.2) is 4.79 Å². The molecule has 1 fully saturated rings. The molecule has 166 valence electrons. The first-order chi connectivity index (χ1) is 14.8. The van der Waals surface area contributed by atoms with E-state index in [0.717, 1.165) is 30.5 Å². The van der Waals surface area contributed by atoms with Crippen LogP contribution in [0.1, 0.15) is 52.7 Å². The summed E-state index contributed by atoms with van der Waals surface area (Å²) in [6.45, 7) is 3.74. The summed E-state index contributed by atoms with van der Waals surface area (Å²) in [5.41, 5.74) is 1.06. The Bertz CT molecular complexity index is 930. The Morgan fingerprint density at radius 1 is 1.10 bits per heavy atom. The topological polar surface area (TPSA) is 61.4 Å². The molecule has 1 saturated heterocycles. The molecule has 2 aromatic rings. The van der Waals surface area contributed by atoms with Gasteiger partial charge in [-0.3, -0.25) is 4.79 Å². The van der Waals surface area contributed by atoms with Gasteiger partial charge in [0.25, 0.3) is 5.91 Å². The number of nitrogens with zero attached hydrogens (tertiary/aromatic N) is 1. The highest BCUT2D eigenvalue weighted by atomic mass is 19.4. The van der Waals surface area contributed by atoms with E-state index in [2.05, 4.69) is 10.6 Å². The molecular formula is C23H26F3N3O2. The summed E-state index contributed by atoms with van der Waals surface area (Å²) in [4.78, 5) is 26.5. The first kappa shape index (κ1) is 22.7. The number of carbonyl (C=O) groups excluding carboxylic acids is 2. The normalized spacial score (nSPS) is 16.6. The first-order valence-electron chi connectivity index (χ1n) is 10.3. The molecule has 1 atom stereocenters. The van der Waals surface area contributed by atoms with Gasteiger partial charge in [0.15, 0.2) is 0 Å². The number of amides is 3. The van der Waals surface area contributed by atoms with Crippen LogP contribution in [0.3, 0.4) is 0 Å². The van der Waals surface area contributed by atoms with E-state index in [1.807, 2.05) is 13.0 Å². The van der Waals surface area contributed by atoms with Gasteiger partial charge >= 0.3 is 12.2 Å². The lowest BCUT2D eigenvalue weighted by atomic mass is 9.89. The molecule has 2 aromatic carbocycles. The van der Waals surface area contributed by atoms with Crippen LogP contribution >= 0.6 is 0 Å². The van der Waals surface area contributed by atoms with Crippen LogP contribution in [-0.2, 0) is 12.7 Å². The molecule has 1 heterocycles. The minimum atomic E-state index is -4.42. The molecule has 1 aliphatic heterocycles. The second kappa shape index (κ2) is 9.85. The van der Waals surface area contributed by atoms with Crippen LogP contribution in [0.25, 0.3) is 0 Å². The lowest BCUT2D eigenvalue weighted by Gasteiger charge is -2.33. The molecule has 0 saturated carbocycles. The quantitative estimate of drug-likeness (QED) is 0.727. The fourth-order valence-electron chi connectivity index (χ4n) is 3.77. The van der Waals surface area contributed by atoms with E-state index >= 15 is 0 Å². The van der Waals surface area contributed by atoms with Crippen LogP contribution in [0.4, 0.5) is 18.0 Å². The number of likely N-dealkylation sites (tertiary alicyclic amines) is 1. The number of piperidine rings is 1. The molecule has 2 N–H and O–H groups in total. The van der Waals surface area contributed by atoms with E-state index in [1.54, 1.807) is 29.2 Å². The van der Waals surface area contributed by atoms with Gasteiger partial charge in [-0.15, -0.1) is 0 Å². The summed E-state index contributed by atoms with van der Waals surface area (Å²) in [5, 5.41) is 5.50. The van der Waals surface area contributed by atoms with Gasteiger partial charge in [0.1, 0.15) is 0 Å². The second-order valence-electron chi connectivity index (χ2n) is 7.63. The number of nitrogens with one attached hydrogen (secondary N) is 2. The van der Waals surface area contributed by atoms with Crippen molar-refractivity contribution >= 4 is 11.9 Å². The summed E-state index contributed by atoms with van der Waals surface area (Å²) in [7, 11) is 0. The van der Waals surface area contributed by atoms with Crippen molar-refractivity contribution in [3.63, 3.8) is 0 Å². The standard InChI is InChI=1S/C23H26F3N3O2/c1-2-27-22(31)29-11-5-9-19(15-29)17-7-4-8-18(13-17)21(30)28-14-16-6-3-10-20(12-16)23(24,25)26/h3-4,6-8,10,12-13,19H,2,5,9,11,14-15H2,1H3,(H,27,31)(H,28,30)/t19-/m0/s1. The zero-order valence-electron chi connectivity index (χ0n) is 17.3. The van der Waals surface area contributed by atoms with Crippen LogP contribution in [-0.4, -0.2) is 36.5 Å². The maximum absolute atomic E-state index is 12.9. The van der Waals surface area contributed by atoms with E-state index in [1.165, 1.54) is 6.07 Å². The van der Waals surface area contributed by atoms with Crippen molar-refractivity contribution in [3.8, 4) is 0 Å². The van der Waals surface area contributed by atoms with Gasteiger partial charge < -0.3 is 15.5 Å². The molecule has 8 heteroatoms. The van der Waals surface area contributed by atoms with Crippen molar-refractivity contribution in [1.82, 2.24) is 15.5 Å². The molecule has 0 bridgehead atoms. The number of benzene rings is 2. The van der Waals surface area contributed by atoms with Gasteiger partial charge in [-0.1, -0.05) is 24.3 Å². The molecule has 0 unspecified atom stereocenters. The van der Waals surface area contributed by atoms with E-state index in [4.69, 9.17) is 0 Å². The molecule has 0 aliphatic carbocycles. The van der Waals surface area contributed by atoms with E-state index in [9.17, 15) is 22.8 Å². The minimum Gasteiger partial charge on any atom is -0.348 e. The highest BCUT2D eigenvalue weighted by Gasteiger charge is 2.30. The highest BCUT2D eigenvalue weighted by Crippen LogP contribution is 2.30. The van der Waals surface area contributed by atoms with Gasteiger partial charge in [0.2, 0.25) is 0 Å². The summed E-state index contributed by atoms with van der Waals surface area (Å²) in [5.74, 6) is -0.219. The number of urea groups is 1. The van der Waals surface area contributed by atoms with Gasteiger partial charge in [-0.2, -0.15) is 13.2 Å². The number of rotatable bonds is 5. The van der Waals surface area contributed by atoms with Gasteiger partial charge in [-0.05, 0) is 55.2 Å². The summed E-state index contributed by atoms with van der Waals surface area (Å²) >= 11 is 0. The summed E-state index contributed by atoms with van der Waals surface area (Å²) < 4.78 is 38.6. The van der Waals surface area contributed by atoms with E-state index in [-0.39, 0.29) is 24.4 Å². The third-order valence-electron chi connectivity index (χ3n) is 5.36. The highest BCUT2D eigenvalue weighted by molar-refractivity contribution is 5.94. The molecule has 3 amide bonds. The number of halogens is 3. The Morgan fingerprint density at radius 3 is 2.61 bits per heavy atom. The first-order valence-corrected chi connectivity index (χ1v) is 10.3. The molecule has 3 rings (SSSR count). The summed E-state index contributed by atoms with van der Waals surface area (Å²) in [6.07, 6.45) is -2.62. The molecule has 0 radical (unpaired) electrons. The van der Waals surface area contributed by atoms with Crippen LogP contribution in [0.2, 0.25) is 0 Å². The molecule has 1 aliphatic rings. The lowest BCUT2D eigenvalue weighted by molar-refractivity contribution is -0.137. The Labute approximate surface area is 179 Å². The van der Waals surface area contributed by atoms with Crippen LogP contribution in [0, 0.1) is 0 Å². The predicted molar refractivity (Wildman–Crippen MR) is 112 cm³/mol. The third-order valence-corrected chi connectivity index (χ3v) is 5.36. The minimum absolute atomic E-state index is 0.00137. The average Bonchev–Trinajstić information content (AvgIpc) is 2.77. The van der Waals surface area contributed by atoms with Gasteiger partial charge in [0, 0.05) is 37.7 Å². The van der Waals surface area contributed by atoms with Crippen molar-refractivity contribution in [3.05, 3.63) is 70.8 Å². The molecule has 0 spiro atoms. The van der Waals surface area contributed by atoms with E-state index < -0.39 is 11.7 Å². The SMILES string of the molecule is CCNC(=O)N1CCC[C@H](c2cccc(C(=O)NCc3cccc(C(F)(F)F)c3)c2)C1. The zero-order valence-corrected chi connectivity index (χ0v) is 17.3. The number of alkyl halides is 3. The molecular weight excluding hydrogens is 407 g/mol. The van der Waals surface area contributed by atoms with Crippen LogP contribution in [0.15, 0.2) is 48.5 Å². The third kappa shape index (κ3) is 5.99. The Morgan fingerprint density at radius 2 is 1.87 bits per heavy atom. The average molecular weight is 433 g/mol. The van der Waals surface area contributed by atoms with Crippen molar-refractivity contribution in [2.24, 2.45) is 0 Å². The fraction of sp³-hybridized carbons (Fsp3) is 0.391. The second-order valence-corrected chi connectivity index (χ2v) is 7.63. The smallest absolute Gasteiger partial charge is 0.348 e. The Balaban J connectivity index is 1.64. The monoisotopic (exact) mass is 433 g/mol. The maximum Gasteiger partial charge on any atom is 0.416 e. The molecule has 5 nitrogen and oxygen atoms in total. The largest absolute Gasteiger partial charge is 0.416 e. The molecule has 0 aromatic heterocycles. The Hall–Kier alpha value is -3.03. The lowest BCUT2D eigenvalue weighted by Crippen LogP contribution is -2.44. The van der Waals surface area contributed by atoms with Crippen LogP contribution in [0.5, 0.6) is 0 Å². The summed E-state index contributed by atoms with van der Waals surface area (Å²) in [6, 6.07) is 12.0. The van der Waals surface area contributed by atoms with Crippen molar-refractivity contribution in [1.29, 1.82) is 0 Å². The fourth-order valence-corrected chi connectivity index (χ4v) is 3.77. The van der Waals surface area contributed by atoms with E-state index in [0.29, 0.717) is 30.8 Å².